The molecule has 0 N–H and O–H groups in total. The number of esters is 2. The zero-order chi connectivity index (χ0) is 18.8. The van der Waals surface area contributed by atoms with E-state index in [0.29, 0.717) is 21.9 Å². The van der Waals surface area contributed by atoms with Crippen molar-refractivity contribution >= 4 is 22.7 Å². The van der Waals surface area contributed by atoms with Gasteiger partial charge in [0.25, 0.3) is 0 Å². The first-order valence-electron chi connectivity index (χ1n) is 7.69. The number of methoxy groups -OCH3 is 1. The second kappa shape index (κ2) is 6.92. The molecule has 0 aromatic heterocycles. The van der Waals surface area contributed by atoms with Gasteiger partial charge in [-0.05, 0) is 41.3 Å². The quantitative estimate of drug-likeness (QED) is 0.512. The van der Waals surface area contributed by atoms with E-state index in [1.807, 2.05) is 0 Å². The van der Waals surface area contributed by atoms with E-state index in [1.165, 1.54) is 62.6 Å². The molecule has 132 valence electrons. The van der Waals surface area contributed by atoms with Crippen LogP contribution in [-0.4, -0.2) is 19.0 Å². The number of carbonyl (C=O) groups excluding carboxylic acids is 2. The monoisotopic (exact) mass is 356 g/mol. The number of hydrogen-bond acceptors (Lipinski definition) is 4. The molecule has 0 aliphatic heterocycles. The first kappa shape index (κ1) is 17.5. The van der Waals surface area contributed by atoms with Crippen LogP contribution in [0.5, 0.6) is 5.75 Å². The molecule has 26 heavy (non-hydrogen) atoms. The van der Waals surface area contributed by atoms with Crippen molar-refractivity contribution in [3.05, 3.63) is 65.7 Å². The van der Waals surface area contributed by atoms with E-state index in [1.54, 1.807) is 0 Å². The maximum Gasteiger partial charge on any atom is 0.338 e. The highest BCUT2D eigenvalue weighted by molar-refractivity contribution is 6.10. The third-order valence-electron chi connectivity index (χ3n) is 3.85. The molecule has 0 atom stereocenters. The first-order chi connectivity index (χ1) is 12.4. The maximum atomic E-state index is 13.8. The summed E-state index contributed by atoms with van der Waals surface area (Å²) >= 11 is 0. The molecule has 0 spiro atoms. The fourth-order valence-corrected chi connectivity index (χ4v) is 2.80. The predicted octanol–water partition coefficient (Wildman–Crippen LogP) is 4.50. The Morgan fingerprint density at radius 2 is 1.54 bits per heavy atom. The van der Waals surface area contributed by atoms with Gasteiger partial charge in [0.2, 0.25) is 0 Å². The molecule has 0 aliphatic carbocycles. The average molecular weight is 356 g/mol. The van der Waals surface area contributed by atoms with Crippen LogP contribution in [0.4, 0.5) is 8.78 Å². The molecule has 0 saturated carbocycles. The van der Waals surface area contributed by atoms with Gasteiger partial charge in [-0.2, -0.15) is 0 Å². The molecule has 3 aromatic rings. The molecule has 0 heterocycles. The lowest BCUT2D eigenvalue weighted by Gasteiger charge is -2.15. The van der Waals surface area contributed by atoms with Crippen molar-refractivity contribution in [3.8, 4) is 16.9 Å². The normalized spacial score (nSPS) is 10.6. The van der Waals surface area contributed by atoms with Crippen LogP contribution in [0.15, 0.2) is 48.5 Å². The standard InChI is InChI=1S/C20H14F2O4/c1-11(23)26-18-10-17(20(24)25-2)19(12-3-5-13(21)6-4-12)15-8-7-14(22)9-16(15)18/h3-10H,1-2H3. The molecule has 0 amide bonds. The summed E-state index contributed by atoms with van der Waals surface area (Å²) in [6.45, 7) is 1.21. The first-order valence-corrected chi connectivity index (χ1v) is 7.69. The predicted molar refractivity (Wildman–Crippen MR) is 91.9 cm³/mol. The molecule has 0 fully saturated rings. The van der Waals surface area contributed by atoms with Crippen LogP contribution in [0.2, 0.25) is 0 Å². The Morgan fingerprint density at radius 1 is 0.885 bits per heavy atom. The Morgan fingerprint density at radius 3 is 2.15 bits per heavy atom. The van der Waals surface area contributed by atoms with Gasteiger partial charge in [0.05, 0.1) is 12.7 Å². The molecular weight excluding hydrogens is 342 g/mol. The minimum atomic E-state index is -0.663. The van der Waals surface area contributed by atoms with Crippen LogP contribution in [-0.2, 0) is 9.53 Å². The summed E-state index contributed by atoms with van der Waals surface area (Å²) in [7, 11) is 1.22. The van der Waals surface area contributed by atoms with Gasteiger partial charge in [-0.1, -0.05) is 18.2 Å². The van der Waals surface area contributed by atoms with E-state index in [4.69, 9.17) is 9.47 Å². The summed E-state index contributed by atoms with van der Waals surface area (Å²) in [5.74, 6) is -2.19. The molecule has 3 aromatic carbocycles. The minimum Gasteiger partial charge on any atom is -0.465 e. The zero-order valence-corrected chi connectivity index (χ0v) is 14.0. The number of halogens is 2. The minimum absolute atomic E-state index is 0.0401. The van der Waals surface area contributed by atoms with E-state index < -0.39 is 23.6 Å². The molecule has 0 radical (unpaired) electrons. The van der Waals surface area contributed by atoms with Gasteiger partial charge in [-0.15, -0.1) is 0 Å². The van der Waals surface area contributed by atoms with Crippen molar-refractivity contribution in [2.75, 3.05) is 7.11 Å². The largest absolute Gasteiger partial charge is 0.465 e. The Labute approximate surface area is 148 Å². The summed E-state index contributed by atoms with van der Waals surface area (Å²) in [4.78, 5) is 23.7. The van der Waals surface area contributed by atoms with Gasteiger partial charge in [0.1, 0.15) is 17.4 Å². The summed E-state index contributed by atoms with van der Waals surface area (Å²) in [6.07, 6.45) is 0. The fourth-order valence-electron chi connectivity index (χ4n) is 2.80. The van der Waals surface area contributed by atoms with Gasteiger partial charge >= 0.3 is 11.9 Å². The second-order valence-electron chi connectivity index (χ2n) is 5.58. The zero-order valence-electron chi connectivity index (χ0n) is 14.0. The number of rotatable bonds is 3. The summed E-state index contributed by atoms with van der Waals surface area (Å²) in [6, 6.07) is 10.8. The van der Waals surface area contributed by atoms with Crippen molar-refractivity contribution in [1.29, 1.82) is 0 Å². The van der Waals surface area contributed by atoms with Gasteiger partial charge in [0.15, 0.2) is 0 Å². The fraction of sp³-hybridized carbons (Fsp3) is 0.100. The summed E-state index contributed by atoms with van der Waals surface area (Å²) < 4.78 is 37.1. The smallest absolute Gasteiger partial charge is 0.338 e. The molecule has 0 aliphatic rings. The van der Waals surface area contributed by atoms with Crippen molar-refractivity contribution in [1.82, 2.24) is 0 Å². The van der Waals surface area contributed by atoms with E-state index in [0.717, 1.165) is 0 Å². The topological polar surface area (TPSA) is 52.6 Å². The highest BCUT2D eigenvalue weighted by Crippen LogP contribution is 2.38. The van der Waals surface area contributed by atoms with E-state index >= 15 is 0 Å². The van der Waals surface area contributed by atoms with Crippen LogP contribution in [0, 0.1) is 11.6 Å². The third-order valence-corrected chi connectivity index (χ3v) is 3.85. The van der Waals surface area contributed by atoms with E-state index in [2.05, 4.69) is 0 Å². The highest BCUT2D eigenvalue weighted by Gasteiger charge is 2.21. The molecule has 0 saturated heterocycles. The number of hydrogen-bond donors (Lipinski definition) is 0. The SMILES string of the molecule is COC(=O)c1cc(OC(C)=O)c2cc(F)ccc2c1-c1ccc(F)cc1. The van der Waals surface area contributed by atoms with Crippen LogP contribution < -0.4 is 4.74 Å². The Kier molecular flexibility index (Phi) is 4.67. The lowest BCUT2D eigenvalue weighted by atomic mass is 9.92. The molecule has 3 rings (SSSR count). The second-order valence-corrected chi connectivity index (χ2v) is 5.58. The summed E-state index contributed by atoms with van der Waals surface area (Å²) in [5, 5.41) is 0.782. The average Bonchev–Trinajstić information content (AvgIpc) is 2.61. The van der Waals surface area contributed by atoms with Gasteiger partial charge in [0, 0.05) is 17.9 Å². The molecular formula is C20H14F2O4. The molecule has 4 nitrogen and oxygen atoms in total. The van der Waals surface area contributed by atoms with Crippen molar-refractivity contribution in [3.63, 3.8) is 0 Å². The highest BCUT2D eigenvalue weighted by atomic mass is 19.1. The van der Waals surface area contributed by atoms with Gasteiger partial charge in [-0.25, -0.2) is 13.6 Å². The Balaban J connectivity index is 2.42. The van der Waals surface area contributed by atoms with Crippen molar-refractivity contribution < 1.29 is 27.8 Å². The van der Waals surface area contributed by atoms with Crippen molar-refractivity contribution in [2.24, 2.45) is 0 Å². The van der Waals surface area contributed by atoms with E-state index in [9.17, 15) is 18.4 Å². The lowest BCUT2D eigenvalue weighted by Crippen LogP contribution is -2.08. The van der Waals surface area contributed by atoms with Crippen molar-refractivity contribution in [2.45, 2.75) is 6.92 Å². The number of ether oxygens (including phenoxy) is 2. The molecule has 0 unspecified atom stereocenters. The van der Waals surface area contributed by atoms with Gasteiger partial charge < -0.3 is 9.47 Å². The summed E-state index contributed by atoms with van der Waals surface area (Å²) in [5.41, 5.74) is 1.09. The lowest BCUT2D eigenvalue weighted by molar-refractivity contribution is -0.131. The Hall–Kier alpha value is -3.28. The van der Waals surface area contributed by atoms with Gasteiger partial charge in [-0.3, -0.25) is 4.79 Å². The maximum absolute atomic E-state index is 13.8. The van der Waals surface area contributed by atoms with E-state index in [-0.39, 0.29) is 11.3 Å². The third kappa shape index (κ3) is 3.26. The molecule has 0 bridgehead atoms. The number of fused-ring (bicyclic) bond motifs is 1. The van der Waals surface area contributed by atoms with Crippen LogP contribution in [0.25, 0.3) is 21.9 Å². The van der Waals surface area contributed by atoms with Crippen LogP contribution in [0.1, 0.15) is 17.3 Å². The number of carbonyl (C=O) groups is 2. The van der Waals surface area contributed by atoms with Crippen LogP contribution in [0.3, 0.4) is 0 Å². The Bertz CT molecular complexity index is 1010. The van der Waals surface area contributed by atoms with Crippen LogP contribution >= 0.6 is 0 Å². The number of benzene rings is 3. The molecule has 6 heteroatoms.